The normalized spacial score (nSPS) is 11.9. The van der Waals surface area contributed by atoms with Crippen LogP contribution >= 0.6 is 23.2 Å². The quantitative estimate of drug-likeness (QED) is 0.728. The molecule has 0 amide bonds. The van der Waals surface area contributed by atoms with Gasteiger partial charge in [0.2, 0.25) is 0 Å². The van der Waals surface area contributed by atoms with Gasteiger partial charge in [-0.05, 0) is 30.2 Å². The van der Waals surface area contributed by atoms with Crippen molar-refractivity contribution < 1.29 is 4.79 Å². The van der Waals surface area contributed by atoms with Crippen molar-refractivity contribution in [1.29, 1.82) is 5.26 Å². The van der Waals surface area contributed by atoms with E-state index in [0.717, 1.165) is 0 Å². The molecule has 0 saturated heterocycles. The maximum Gasteiger partial charge on any atom is 0.253 e. The molecule has 14 heavy (non-hydrogen) atoms. The molecule has 1 atom stereocenters. The average molecular weight is 228 g/mol. The summed E-state index contributed by atoms with van der Waals surface area (Å²) in [6.45, 7) is 1.71. The molecule has 0 heterocycles. The summed E-state index contributed by atoms with van der Waals surface area (Å²) < 4.78 is 0. The Labute approximate surface area is 92.1 Å². The summed E-state index contributed by atoms with van der Waals surface area (Å²) in [5.74, 6) is -0.349. The van der Waals surface area contributed by atoms with Gasteiger partial charge in [-0.1, -0.05) is 23.7 Å². The van der Waals surface area contributed by atoms with E-state index in [1.54, 1.807) is 19.1 Å². The van der Waals surface area contributed by atoms with Crippen molar-refractivity contribution in [3.63, 3.8) is 0 Å². The van der Waals surface area contributed by atoms with Crippen LogP contribution < -0.4 is 0 Å². The predicted octanol–water partition coefficient (Wildman–Crippen LogP) is 3.35. The van der Waals surface area contributed by atoms with E-state index in [-0.39, 0.29) is 16.5 Å². The van der Waals surface area contributed by atoms with E-state index < -0.39 is 5.24 Å². The number of carbonyl (C=O) groups is 1. The highest BCUT2D eigenvalue weighted by molar-refractivity contribution is 6.68. The number of nitrogens with zero attached hydrogens (tertiary/aromatic N) is 1. The van der Waals surface area contributed by atoms with E-state index in [0.29, 0.717) is 5.56 Å². The Morgan fingerprint density at radius 1 is 1.57 bits per heavy atom. The molecule has 72 valence electrons. The maximum absolute atomic E-state index is 10.9. The van der Waals surface area contributed by atoms with E-state index in [4.69, 9.17) is 28.5 Å². The van der Waals surface area contributed by atoms with Crippen molar-refractivity contribution in [2.24, 2.45) is 0 Å². The van der Waals surface area contributed by atoms with Crippen molar-refractivity contribution in [3.8, 4) is 6.07 Å². The van der Waals surface area contributed by atoms with Gasteiger partial charge in [0.25, 0.3) is 5.24 Å². The van der Waals surface area contributed by atoms with Crippen LogP contribution in [0.4, 0.5) is 0 Å². The van der Waals surface area contributed by atoms with Crippen molar-refractivity contribution >= 4 is 28.4 Å². The van der Waals surface area contributed by atoms with E-state index in [1.165, 1.54) is 6.07 Å². The smallest absolute Gasteiger partial charge is 0.253 e. The summed E-state index contributed by atoms with van der Waals surface area (Å²) in [6, 6.07) is 6.95. The fraction of sp³-hybridized carbons (Fsp3) is 0.200. The molecule has 0 radical (unpaired) electrons. The standard InChI is InChI=1S/C10H7Cl2NO/c1-6(5-13)7-3-2-4-8(9(7)11)10(12)14/h2-4,6H,1H3. The zero-order valence-corrected chi connectivity index (χ0v) is 8.93. The highest BCUT2D eigenvalue weighted by atomic mass is 35.5. The van der Waals surface area contributed by atoms with Gasteiger partial charge < -0.3 is 0 Å². The topological polar surface area (TPSA) is 40.9 Å². The van der Waals surface area contributed by atoms with Gasteiger partial charge in [-0.15, -0.1) is 0 Å². The first kappa shape index (κ1) is 11.0. The van der Waals surface area contributed by atoms with Crippen LogP contribution in [0.2, 0.25) is 5.02 Å². The molecule has 0 spiro atoms. The molecule has 1 aromatic rings. The predicted molar refractivity (Wildman–Crippen MR) is 55.7 cm³/mol. The van der Waals surface area contributed by atoms with Gasteiger partial charge in [-0.25, -0.2) is 0 Å². The molecule has 0 fully saturated rings. The number of nitriles is 1. The van der Waals surface area contributed by atoms with Crippen LogP contribution in [0.1, 0.15) is 28.8 Å². The molecule has 1 aromatic carbocycles. The number of hydrogen-bond donors (Lipinski definition) is 0. The molecule has 1 unspecified atom stereocenters. The van der Waals surface area contributed by atoms with Gasteiger partial charge in [0.15, 0.2) is 0 Å². The van der Waals surface area contributed by atoms with Crippen molar-refractivity contribution in [3.05, 3.63) is 34.3 Å². The Morgan fingerprint density at radius 3 is 2.71 bits per heavy atom. The third-order valence-corrected chi connectivity index (χ3v) is 2.53. The highest BCUT2D eigenvalue weighted by Crippen LogP contribution is 2.28. The molecular formula is C10H7Cl2NO. The summed E-state index contributed by atoms with van der Waals surface area (Å²) in [5.41, 5.74) is 0.869. The molecule has 2 nitrogen and oxygen atoms in total. The Morgan fingerprint density at radius 2 is 2.21 bits per heavy atom. The van der Waals surface area contributed by atoms with Gasteiger partial charge in [0.1, 0.15) is 0 Å². The van der Waals surface area contributed by atoms with Gasteiger partial charge in [-0.3, -0.25) is 4.79 Å². The fourth-order valence-electron chi connectivity index (χ4n) is 1.11. The van der Waals surface area contributed by atoms with Gasteiger partial charge in [-0.2, -0.15) is 5.26 Å². The fourth-order valence-corrected chi connectivity index (χ4v) is 1.69. The molecule has 0 aliphatic rings. The summed E-state index contributed by atoms with van der Waals surface area (Å²) in [4.78, 5) is 10.9. The van der Waals surface area contributed by atoms with Crippen LogP contribution in [0.15, 0.2) is 18.2 Å². The lowest BCUT2D eigenvalue weighted by Gasteiger charge is -2.07. The van der Waals surface area contributed by atoms with E-state index in [2.05, 4.69) is 0 Å². The van der Waals surface area contributed by atoms with Crippen LogP contribution in [-0.2, 0) is 0 Å². The number of halogens is 2. The summed E-state index contributed by atoms with van der Waals surface area (Å²) in [7, 11) is 0. The number of carbonyl (C=O) groups excluding carboxylic acids is 1. The molecule has 4 heteroatoms. The second-order valence-corrected chi connectivity index (χ2v) is 3.55. The summed E-state index contributed by atoms with van der Waals surface area (Å²) in [6.07, 6.45) is 0. The van der Waals surface area contributed by atoms with Crippen LogP contribution in [0.3, 0.4) is 0 Å². The monoisotopic (exact) mass is 227 g/mol. The molecule has 0 saturated carbocycles. The minimum atomic E-state index is -0.609. The minimum Gasteiger partial charge on any atom is -0.276 e. The molecule has 0 aromatic heterocycles. The molecule has 1 rings (SSSR count). The molecule has 0 aliphatic heterocycles. The van der Waals surface area contributed by atoms with Crippen molar-refractivity contribution in [1.82, 2.24) is 0 Å². The van der Waals surface area contributed by atoms with Gasteiger partial charge in [0, 0.05) is 0 Å². The van der Waals surface area contributed by atoms with Crippen LogP contribution in [0.5, 0.6) is 0 Å². The third-order valence-electron chi connectivity index (χ3n) is 1.90. The second-order valence-electron chi connectivity index (χ2n) is 2.83. The summed E-state index contributed by atoms with van der Waals surface area (Å²) >= 11 is 11.2. The van der Waals surface area contributed by atoms with Gasteiger partial charge in [0.05, 0.1) is 22.6 Å². The first-order valence-corrected chi connectivity index (χ1v) is 4.71. The maximum atomic E-state index is 10.9. The Bertz CT molecular complexity index is 409. The highest BCUT2D eigenvalue weighted by Gasteiger charge is 2.14. The second kappa shape index (κ2) is 4.45. The van der Waals surface area contributed by atoms with E-state index in [9.17, 15) is 4.79 Å². The third kappa shape index (κ3) is 2.06. The lowest BCUT2D eigenvalue weighted by Crippen LogP contribution is -1.97. The van der Waals surface area contributed by atoms with Crippen LogP contribution in [0, 0.1) is 11.3 Å². The molecule has 0 aliphatic carbocycles. The lowest BCUT2D eigenvalue weighted by atomic mass is 10.0. The number of benzene rings is 1. The zero-order chi connectivity index (χ0) is 10.7. The first-order valence-electron chi connectivity index (χ1n) is 3.95. The average Bonchev–Trinajstić information content (AvgIpc) is 2.16. The van der Waals surface area contributed by atoms with E-state index in [1.807, 2.05) is 6.07 Å². The Hall–Kier alpha value is -1.04. The Balaban J connectivity index is 3.29. The molecule has 0 N–H and O–H groups in total. The van der Waals surface area contributed by atoms with Crippen LogP contribution in [-0.4, -0.2) is 5.24 Å². The van der Waals surface area contributed by atoms with Gasteiger partial charge >= 0.3 is 0 Å². The van der Waals surface area contributed by atoms with Crippen molar-refractivity contribution in [2.75, 3.05) is 0 Å². The number of rotatable bonds is 2. The lowest BCUT2D eigenvalue weighted by molar-refractivity contribution is 0.108. The largest absolute Gasteiger partial charge is 0.276 e. The van der Waals surface area contributed by atoms with Crippen LogP contribution in [0.25, 0.3) is 0 Å². The minimum absolute atomic E-state index is 0.243. The summed E-state index contributed by atoms with van der Waals surface area (Å²) in [5, 5.41) is 8.37. The molecular weight excluding hydrogens is 221 g/mol. The first-order chi connectivity index (χ1) is 6.57. The molecule has 0 bridgehead atoms. The van der Waals surface area contributed by atoms with Crippen molar-refractivity contribution in [2.45, 2.75) is 12.8 Å². The zero-order valence-electron chi connectivity index (χ0n) is 7.42. The number of hydrogen-bond acceptors (Lipinski definition) is 2. The van der Waals surface area contributed by atoms with E-state index >= 15 is 0 Å². The SMILES string of the molecule is CC(C#N)c1cccc(C(=O)Cl)c1Cl. The Kier molecular flexibility index (Phi) is 3.51.